The third kappa shape index (κ3) is 2.52. The maximum absolute atomic E-state index is 11.3. The van der Waals surface area contributed by atoms with Gasteiger partial charge in [-0.1, -0.05) is 32.0 Å². The Hall–Kier alpha value is -2.30. The molecule has 0 saturated carbocycles. The van der Waals surface area contributed by atoms with Crippen molar-refractivity contribution in [2.24, 2.45) is 7.05 Å². The molecule has 0 bridgehead atoms. The largest absolute Gasteiger partial charge is 0.477 e. The minimum atomic E-state index is -1.03. The summed E-state index contributed by atoms with van der Waals surface area (Å²) in [5.41, 5.74) is 1.57. The lowest BCUT2D eigenvalue weighted by atomic mass is 10.0. The fraction of sp³-hybridized carbons (Fsp3) is 0.333. The molecule has 1 aromatic carbocycles. The van der Waals surface area contributed by atoms with Crippen LogP contribution in [0.2, 0.25) is 0 Å². The molecule has 5 heteroatoms. The average Bonchev–Trinajstić information content (AvgIpc) is 2.64. The monoisotopic (exact) mass is 274 g/mol. The number of rotatable bonds is 4. The van der Waals surface area contributed by atoms with Gasteiger partial charge in [-0.2, -0.15) is 5.10 Å². The van der Waals surface area contributed by atoms with E-state index < -0.39 is 5.97 Å². The number of benzene rings is 1. The molecule has 0 saturated heterocycles. The van der Waals surface area contributed by atoms with Crippen LogP contribution in [0.15, 0.2) is 24.3 Å². The highest BCUT2D eigenvalue weighted by Gasteiger charge is 2.22. The van der Waals surface area contributed by atoms with Crippen LogP contribution in [0.3, 0.4) is 0 Å². The third-order valence-electron chi connectivity index (χ3n) is 3.13. The first-order chi connectivity index (χ1) is 9.41. The molecule has 0 aliphatic heterocycles. The Kier molecular flexibility index (Phi) is 3.79. The molecule has 0 atom stereocenters. The number of aromatic carboxylic acids is 1. The molecule has 1 heterocycles. The van der Waals surface area contributed by atoms with E-state index in [9.17, 15) is 9.90 Å². The summed E-state index contributed by atoms with van der Waals surface area (Å²) in [5.74, 6) is 0.164. The van der Waals surface area contributed by atoms with Gasteiger partial charge in [-0.25, -0.2) is 9.48 Å². The highest BCUT2D eigenvalue weighted by Crippen LogP contribution is 2.32. The molecular formula is C15H18N2O3. The van der Waals surface area contributed by atoms with Gasteiger partial charge in [0, 0.05) is 7.05 Å². The number of aryl methyl sites for hydroxylation is 2. The molecule has 0 aliphatic rings. The Labute approximate surface area is 117 Å². The van der Waals surface area contributed by atoms with Crippen molar-refractivity contribution in [2.75, 3.05) is 0 Å². The van der Waals surface area contributed by atoms with E-state index in [4.69, 9.17) is 4.74 Å². The van der Waals surface area contributed by atoms with Crippen molar-refractivity contribution < 1.29 is 14.6 Å². The number of carbonyl (C=O) groups is 1. The van der Waals surface area contributed by atoms with Crippen LogP contribution in [-0.4, -0.2) is 20.9 Å². The molecule has 0 unspecified atom stereocenters. The first-order valence-electron chi connectivity index (χ1n) is 6.45. The Balaban J connectivity index is 2.48. The molecule has 2 rings (SSSR count). The second kappa shape index (κ2) is 5.36. The van der Waals surface area contributed by atoms with Crippen LogP contribution in [0.4, 0.5) is 0 Å². The van der Waals surface area contributed by atoms with Crippen LogP contribution in [-0.2, 0) is 7.05 Å². The summed E-state index contributed by atoms with van der Waals surface area (Å²) in [6.07, 6.45) is 0. The zero-order chi connectivity index (χ0) is 14.9. The molecule has 0 radical (unpaired) electrons. The topological polar surface area (TPSA) is 64.4 Å². The fourth-order valence-electron chi connectivity index (χ4n) is 2.15. The predicted octanol–water partition coefficient (Wildman–Crippen LogP) is 3.34. The van der Waals surface area contributed by atoms with E-state index in [-0.39, 0.29) is 17.4 Å². The summed E-state index contributed by atoms with van der Waals surface area (Å²) in [6.45, 7) is 5.79. The van der Waals surface area contributed by atoms with Gasteiger partial charge in [0.25, 0.3) is 0 Å². The first-order valence-corrected chi connectivity index (χ1v) is 6.45. The lowest BCUT2D eigenvalue weighted by molar-refractivity contribution is 0.0693. The zero-order valence-corrected chi connectivity index (χ0v) is 12.0. The second-order valence-electron chi connectivity index (χ2n) is 4.99. The molecule has 1 aromatic heterocycles. The quantitative estimate of drug-likeness (QED) is 0.928. The highest BCUT2D eigenvalue weighted by molar-refractivity contribution is 5.91. The van der Waals surface area contributed by atoms with Gasteiger partial charge in [0.1, 0.15) is 11.3 Å². The van der Waals surface area contributed by atoms with Crippen molar-refractivity contribution in [3.05, 3.63) is 41.1 Å². The number of hydrogen-bond acceptors (Lipinski definition) is 3. The summed E-state index contributed by atoms with van der Waals surface area (Å²) in [7, 11) is 1.67. The van der Waals surface area contributed by atoms with Crippen LogP contribution in [0.25, 0.3) is 0 Å². The predicted molar refractivity (Wildman–Crippen MR) is 75.5 cm³/mol. The summed E-state index contributed by atoms with van der Waals surface area (Å²) in [5, 5.41) is 13.4. The normalized spacial score (nSPS) is 10.8. The Bertz CT molecular complexity index is 645. The van der Waals surface area contributed by atoms with Gasteiger partial charge in [-0.3, -0.25) is 0 Å². The van der Waals surface area contributed by atoms with E-state index in [0.717, 1.165) is 5.56 Å². The smallest absolute Gasteiger partial charge is 0.343 e. The molecule has 0 spiro atoms. The summed E-state index contributed by atoms with van der Waals surface area (Å²) in [4.78, 5) is 11.3. The molecule has 5 nitrogen and oxygen atoms in total. The number of para-hydroxylation sites is 1. The molecule has 2 aromatic rings. The number of hydrogen-bond donors (Lipinski definition) is 1. The van der Waals surface area contributed by atoms with Crippen molar-refractivity contribution in [3.63, 3.8) is 0 Å². The van der Waals surface area contributed by atoms with Gasteiger partial charge in [-0.05, 0) is 24.5 Å². The van der Waals surface area contributed by atoms with Crippen LogP contribution in [0.5, 0.6) is 11.6 Å². The van der Waals surface area contributed by atoms with Gasteiger partial charge in [-0.15, -0.1) is 0 Å². The van der Waals surface area contributed by atoms with E-state index in [1.54, 1.807) is 14.0 Å². The maximum atomic E-state index is 11.3. The third-order valence-corrected chi connectivity index (χ3v) is 3.13. The standard InChI is InChI=1S/C15H18N2O3/c1-9(2)11-7-5-6-8-12(11)20-14-13(15(18)19)10(3)16-17(14)4/h5-9H,1-4H3,(H,18,19). The number of nitrogens with zero attached hydrogens (tertiary/aromatic N) is 2. The molecule has 0 fully saturated rings. The SMILES string of the molecule is Cc1nn(C)c(Oc2ccccc2C(C)C)c1C(=O)O. The molecule has 0 amide bonds. The summed E-state index contributed by atoms with van der Waals surface area (Å²) in [6, 6.07) is 7.62. The molecule has 106 valence electrons. The van der Waals surface area contributed by atoms with Gasteiger partial charge >= 0.3 is 5.97 Å². The Morgan fingerprint density at radius 2 is 2.00 bits per heavy atom. The van der Waals surface area contributed by atoms with E-state index in [0.29, 0.717) is 11.4 Å². The van der Waals surface area contributed by atoms with Gasteiger partial charge in [0.2, 0.25) is 5.88 Å². The highest BCUT2D eigenvalue weighted by atomic mass is 16.5. The maximum Gasteiger partial charge on any atom is 0.343 e. The van der Waals surface area contributed by atoms with Crippen LogP contribution in [0, 0.1) is 6.92 Å². The van der Waals surface area contributed by atoms with E-state index in [1.807, 2.05) is 24.3 Å². The molecular weight excluding hydrogens is 256 g/mol. The Morgan fingerprint density at radius 1 is 1.35 bits per heavy atom. The minimum Gasteiger partial charge on any atom is -0.477 e. The van der Waals surface area contributed by atoms with Crippen LogP contribution < -0.4 is 4.74 Å². The van der Waals surface area contributed by atoms with Crippen molar-refractivity contribution in [1.29, 1.82) is 0 Å². The van der Waals surface area contributed by atoms with Crippen molar-refractivity contribution in [2.45, 2.75) is 26.7 Å². The van der Waals surface area contributed by atoms with Gasteiger partial charge in [0.15, 0.2) is 0 Å². The number of carboxylic acids is 1. The van der Waals surface area contributed by atoms with Gasteiger partial charge in [0.05, 0.1) is 5.69 Å². The summed E-state index contributed by atoms with van der Waals surface area (Å²) >= 11 is 0. The van der Waals surface area contributed by atoms with Crippen molar-refractivity contribution in [3.8, 4) is 11.6 Å². The van der Waals surface area contributed by atoms with E-state index in [1.165, 1.54) is 4.68 Å². The van der Waals surface area contributed by atoms with Crippen LogP contribution >= 0.6 is 0 Å². The van der Waals surface area contributed by atoms with Crippen LogP contribution in [0.1, 0.15) is 41.4 Å². The van der Waals surface area contributed by atoms with E-state index in [2.05, 4.69) is 18.9 Å². The van der Waals surface area contributed by atoms with Gasteiger partial charge < -0.3 is 9.84 Å². The number of ether oxygens (including phenoxy) is 1. The summed E-state index contributed by atoms with van der Waals surface area (Å²) < 4.78 is 7.29. The average molecular weight is 274 g/mol. The molecule has 0 aliphatic carbocycles. The first kappa shape index (κ1) is 14.1. The zero-order valence-electron chi connectivity index (χ0n) is 12.0. The second-order valence-corrected chi connectivity index (χ2v) is 4.99. The lowest BCUT2D eigenvalue weighted by Gasteiger charge is -2.13. The minimum absolute atomic E-state index is 0.103. The Morgan fingerprint density at radius 3 is 2.60 bits per heavy atom. The van der Waals surface area contributed by atoms with Crippen molar-refractivity contribution in [1.82, 2.24) is 9.78 Å². The fourth-order valence-corrected chi connectivity index (χ4v) is 2.15. The molecule has 1 N–H and O–H groups in total. The number of aromatic nitrogens is 2. The number of carboxylic acid groups (broad SMARTS) is 1. The van der Waals surface area contributed by atoms with Crippen molar-refractivity contribution >= 4 is 5.97 Å². The van der Waals surface area contributed by atoms with E-state index >= 15 is 0 Å². The lowest BCUT2D eigenvalue weighted by Crippen LogP contribution is -2.03. The molecule has 20 heavy (non-hydrogen) atoms.